The summed E-state index contributed by atoms with van der Waals surface area (Å²) in [6.07, 6.45) is 0. The predicted molar refractivity (Wildman–Crippen MR) is 105 cm³/mol. The molecular weight excluding hydrogens is 312 g/mol. The van der Waals surface area contributed by atoms with Crippen LogP contribution in [0, 0.1) is 0 Å². The number of rotatable bonds is 5. The summed E-state index contributed by atoms with van der Waals surface area (Å²) in [5, 5.41) is 0.631. The van der Waals surface area contributed by atoms with Gasteiger partial charge in [0.05, 0.1) is 6.54 Å². The van der Waals surface area contributed by atoms with Crippen LogP contribution < -0.4 is 5.73 Å². The minimum Gasteiger partial charge on any atom is -0.379 e. The number of nitrogens with zero attached hydrogens (tertiary/aromatic N) is 1. The lowest BCUT2D eigenvalue weighted by molar-refractivity contribution is 1.07. The Morgan fingerprint density at radius 1 is 0.708 bits per heavy atom. The van der Waals surface area contributed by atoms with Crippen molar-refractivity contribution in [2.24, 2.45) is 10.7 Å². The molecule has 0 radical (unpaired) electrons. The van der Waals surface area contributed by atoms with Crippen LogP contribution in [0.5, 0.6) is 0 Å². The second-order valence-electron chi connectivity index (χ2n) is 5.49. The number of hydrogen-bond donors (Lipinski definition) is 1. The maximum absolute atomic E-state index is 6.00. The van der Waals surface area contributed by atoms with Gasteiger partial charge in [-0.3, -0.25) is 4.99 Å². The van der Waals surface area contributed by atoms with Gasteiger partial charge in [-0.05, 0) is 22.3 Å². The molecule has 0 bridgehead atoms. The van der Waals surface area contributed by atoms with Crippen molar-refractivity contribution < 1.29 is 0 Å². The van der Waals surface area contributed by atoms with E-state index in [1.807, 2.05) is 24.3 Å². The predicted octanol–water partition coefficient (Wildman–Crippen LogP) is 5.10. The molecule has 0 saturated heterocycles. The van der Waals surface area contributed by atoms with Crippen molar-refractivity contribution in [3.05, 3.63) is 96.1 Å². The van der Waals surface area contributed by atoms with Gasteiger partial charge in [-0.25, -0.2) is 0 Å². The number of benzene rings is 3. The van der Waals surface area contributed by atoms with E-state index in [9.17, 15) is 0 Å². The molecule has 0 amide bonds. The molecule has 0 saturated carbocycles. The number of thioether (sulfide) groups is 1. The van der Waals surface area contributed by atoms with Crippen molar-refractivity contribution in [3.8, 4) is 11.1 Å². The van der Waals surface area contributed by atoms with Gasteiger partial charge in [0.15, 0.2) is 5.17 Å². The molecule has 0 aromatic heterocycles. The fraction of sp³-hybridized carbons (Fsp3) is 0.0952. The topological polar surface area (TPSA) is 38.4 Å². The van der Waals surface area contributed by atoms with E-state index in [0.717, 1.165) is 5.75 Å². The summed E-state index contributed by atoms with van der Waals surface area (Å²) in [5.41, 5.74) is 10.9. The standard InChI is InChI=1S/C21H20N2S/c22-21(23-15-17-7-3-1-4-8-17)24-16-18-11-13-20(14-12-18)19-9-5-2-6-10-19/h1-14H,15-16H2,(H2,22,23). The zero-order valence-corrected chi connectivity index (χ0v) is 14.2. The molecule has 0 fully saturated rings. The van der Waals surface area contributed by atoms with Crippen LogP contribution in [0.3, 0.4) is 0 Å². The van der Waals surface area contributed by atoms with Crippen LogP contribution in [0.15, 0.2) is 89.9 Å². The van der Waals surface area contributed by atoms with Gasteiger partial charge in [0.2, 0.25) is 0 Å². The van der Waals surface area contributed by atoms with E-state index < -0.39 is 0 Å². The van der Waals surface area contributed by atoms with E-state index >= 15 is 0 Å². The highest BCUT2D eigenvalue weighted by atomic mass is 32.2. The Balaban J connectivity index is 1.55. The number of aliphatic imine (C=N–C) groups is 1. The van der Waals surface area contributed by atoms with Crippen LogP contribution in [0.1, 0.15) is 11.1 Å². The summed E-state index contributed by atoms with van der Waals surface area (Å²) in [6, 6.07) is 29.2. The SMILES string of the molecule is NC(=NCc1ccccc1)SCc1ccc(-c2ccccc2)cc1. The van der Waals surface area contributed by atoms with Gasteiger partial charge >= 0.3 is 0 Å². The molecule has 3 heteroatoms. The summed E-state index contributed by atoms with van der Waals surface area (Å²) in [7, 11) is 0. The van der Waals surface area contributed by atoms with E-state index in [1.165, 1.54) is 22.3 Å². The van der Waals surface area contributed by atoms with Gasteiger partial charge < -0.3 is 5.73 Å². The monoisotopic (exact) mass is 332 g/mol. The Bertz CT molecular complexity index is 781. The summed E-state index contributed by atoms with van der Waals surface area (Å²) in [5.74, 6) is 0.833. The average molecular weight is 332 g/mol. The Labute approximate surface area is 147 Å². The third-order valence-electron chi connectivity index (χ3n) is 3.71. The largest absolute Gasteiger partial charge is 0.379 e. The first-order valence-electron chi connectivity index (χ1n) is 7.92. The molecule has 120 valence electrons. The second-order valence-corrected chi connectivity index (χ2v) is 6.49. The molecule has 0 aliphatic rings. The van der Waals surface area contributed by atoms with Crippen molar-refractivity contribution in [1.82, 2.24) is 0 Å². The number of nitrogens with two attached hydrogens (primary N) is 1. The molecule has 0 heterocycles. The molecule has 0 aliphatic heterocycles. The van der Waals surface area contributed by atoms with E-state index in [-0.39, 0.29) is 0 Å². The minimum atomic E-state index is 0.631. The summed E-state index contributed by atoms with van der Waals surface area (Å²) in [6.45, 7) is 0.632. The average Bonchev–Trinajstić information content (AvgIpc) is 2.67. The first-order valence-corrected chi connectivity index (χ1v) is 8.91. The lowest BCUT2D eigenvalue weighted by Gasteiger charge is -2.05. The van der Waals surface area contributed by atoms with Crippen LogP contribution in [0.4, 0.5) is 0 Å². The molecule has 3 rings (SSSR count). The lowest BCUT2D eigenvalue weighted by atomic mass is 10.0. The van der Waals surface area contributed by atoms with Gasteiger partial charge in [-0.2, -0.15) is 0 Å². The Morgan fingerprint density at radius 2 is 1.29 bits per heavy atom. The highest BCUT2D eigenvalue weighted by Gasteiger charge is 2.00. The molecular formula is C21H20N2S. The molecule has 3 aromatic carbocycles. The quantitative estimate of drug-likeness (QED) is 0.521. The first-order chi connectivity index (χ1) is 11.8. The van der Waals surface area contributed by atoms with Crippen molar-refractivity contribution in [3.63, 3.8) is 0 Å². The van der Waals surface area contributed by atoms with Gasteiger partial charge in [0.25, 0.3) is 0 Å². The summed E-state index contributed by atoms with van der Waals surface area (Å²) < 4.78 is 0. The zero-order valence-electron chi connectivity index (χ0n) is 13.4. The summed E-state index contributed by atoms with van der Waals surface area (Å²) >= 11 is 1.58. The molecule has 2 nitrogen and oxygen atoms in total. The molecule has 24 heavy (non-hydrogen) atoms. The number of amidine groups is 1. The van der Waals surface area contributed by atoms with Crippen LogP contribution in [-0.4, -0.2) is 5.17 Å². The van der Waals surface area contributed by atoms with Gasteiger partial charge in [0, 0.05) is 5.75 Å². The molecule has 0 atom stereocenters. The van der Waals surface area contributed by atoms with Crippen molar-refractivity contribution >= 4 is 16.9 Å². The Kier molecular flexibility index (Phi) is 5.70. The molecule has 0 aliphatic carbocycles. The van der Waals surface area contributed by atoms with Crippen LogP contribution >= 0.6 is 11.8 Å². The normalized spacial score (nSPS) is 11.4. The smallest absolute Gasteiger partial charge is 0.154 e. The summed E-state index contributed by atoms with van der Waals surface area (Å²) in [4.78, 5) is 4.43. The third kappa shape index (κ3) is 4.74. The fourth-order valence-corrected chi connectivity index (χ4v) is 3.04. The maximum Gasteiger partial charge on any atom is 0.154 e. The molecule has 2 N–H and O–H groups in total. The zero-order chi connectivity index (χ0) is 16.6. The molecule has 3 aromatic rings. The van der Waals surface area contributed by atoms with Crippen molar-refractivity contribution in [2.45, 2.75) is 12.3 Å². The third-order valence-corrected chi connectivity index (χ3v) is 4.61. The fourth-order valence-electron chi connectivity index (χ4n) is 2.38. The molecule has 0 spiro atoms. The first kappa shape index (κ1) is 16.3. The van der Waals surface area contributed by atoms with Gasteiger partial charge in [-0.15, -0.1) is 0 Å². The molecule has 0 unspecified atom stereocenters. The van der Waals surface area contributed by atoms with E-state index in [0.29, 0.717) is 11.7 Å². The van der Waals surface area contributed by atoms with Crippen LogP contribution in [0.2, 0.25) is 0 Å². The minimum absolute atomic E-state index is 0.631. The Hall–Kier alpha value is -2.52. The second kappa shape index (κ2) is 8.37. The van der Waals surface area contributed by atoms with Crippen LogP contribution in [-0.2, 0) is 12.3 Å². The maximum atomic E-state index is 6.00. The van der Waals surface area contributed by atoms with Crippen molar-refractivity contribution in [2.75, 3.05) is 0 Å². The van der Waals surface area contributed by atoms with Crippen molar-refractivity contribution in [1.29, 1.82) is 0 Å². The van der Waals surface area contributed by atoms with Gasteiger partial charge in [0.1, 0.15) is 0 Å². The Morgan fingerprint density at radius 3 is 1.96 bits per heavy atom. The highest BCUT2D eigenvalue weighted by molar-refractivity contribution is 8.13. The highest BCUT2D eigenvalue weighted by Crippen LogP contribution is 2.21. The lowest BCUT2D eigenvalue weighted by Crippen LogP contribution is -2.07. The van der Waals surface area contributed by atoms with E-state index in [4.69, 9.17) is 5.73 Å². The van der Waals surface area contributed by atoms with E-state index in [1.54, 1.807) is 11.8 Å². The van der Waals surface area contributed by atoms with Crippen LogP contribution in [0.25, 0.3) is 11.1 Å². The van der Waals surface area contributed by atoms with Gasteiger partial charge in [-0.1, -0.05) is 96.7 Å². The van der Waals surface area contributed by atoms with E-state index in [2.05, 4.69) is 65.7 Å². The number of hydrogen-bond acceptors (Lipinski definition) is 2.